The Balaban J connectivity index is 1.43. The van der Waals surface area contributed by atoms with E-state index in [1.165, 1.54) is 0 Å². The summed E-state index contributed by atoms with van der Waals surface area (Å²) >= 11 is 0. The molecule has 5 heteroatoms. The smallest absolute Gasteiger partial charge is 0.173 e. The summed E-state index contributed by atoms with van der Waals surface area (Å²) in [6.07, 6.45) is 0. The summed E-state index contributed by atoms with van der Waals surface area (Å²) < 4.78 is 13.1. The fourth-order valence-electron chi connectivity index (χ4n) is 6.04. The summed E-state index contributed by atoms with van der Waals surface area (Å²) in [6.45, 7) is 6.20. The van der Waals surface area contributed by atoms with Crippen LogP contribution in [0.15, 0.2) is 140 Å². The third-order valence-corrected chi connectivity index (χ3v) is 8.80. The highest BCUT2D eigenvalue weighted by Crippen LogP contribution is 2.47. The number of rotatable bonds is 10. The van der Waals surface area contributed by atoms with E-state index in [9.17, 15) is 15.3 Å². The van der Waals surface area contributed by atoms with E-state index in [1.807, 2.05) is 97.1 Å². The van der Waals surface area contributed by atoms with Crippen LogP contribution in [0.25, 0.3) is 0 Å². The van der Waals surface area contributed by atoms with E-state index in [2.05, 4.69) is 20.8 Å². The van der Waals surface area contributed by atoms with Gasteiger partial charge in [-0.1, -0.05) is 112 Å². The molecule has 3 N–H and O–H groups in total. The van der Waals surface area contributed by atoms with Crippen LogP contribution in [0.3, 0.4) is 0 Å². The van der Waals surface area contributed by atoms with Crippen LogP contribution in [-0.4, -0.2) is 15.3 Å². The molecule has 0 fully saturated rings. The van der Waals surface area contributed by atoms with Crippen LogP contribution in [-0.2, 0) is 0 Å². The van der Waals surface area contributed by atoms with Crippen LogP contribution in [0, 0.1) is 0 Å². The van der Waals surface area contributed by atoms with Gasteiger partial charge in [0.05, 0.1) is 0 Å². The molecule has 0 bridgehead atoms. The lowest BCUT2D eigenvalue weighted by Gasteiger charge is -2.23. The van der Waals surface area contributed by atoms with Gasteiger partial charge in [0.1, 0.15) is 28.7 Å². The van der Waals surface area contributed by atoms with Crippen LogP contribution in [0.4, 0.5) is 0 Å². The Kier molecular flexibility index (Phi) is 9.16. The molecule has 236 valence electrons. The van der Waals surface area contributed by atoms with E-state index in [0.717, 1.165) is 33.4 Å². The SMILES string of the molecule is CC(c1ccccc1)c1cc(O)ccc1Oc1cc(O)c(Oc2ccc(O)cc2C(C)c2ccccc2)c(C(C)c2ccccc2)c1. The molecule has 3 unspecified atom stereocenters. The first-order chi connectivity index (χ1) is 22.8. The molecule has 0 aliphatic heterocycles. The summed E-state index contributed by atoms with van der Waals surface area (Å²) in [6, 6.07) is 43.7. The Hall–Kier alpha value is -5.68. The van der Waals surface area contributed by atoms with E-state index in [0.29, 0.717) is 23.0 Å². The molecular formula is C42H38O5. The predicted molar refractivity (Wildman–Crippen MR) is 186 cm³/mol. The van der Waals surface area contributed by atoms with Crippen molar-refractivity contribution in [3.05, 3.63) is 173 Å². The average Bonchev–Trinajstić information content (AvgIpc) is 3.10. The number of ether oxygens (including phenoxy) is 2. The molecule has 0 heterocycles. The lowest BCUT2D eigenvalue weighted by Crippen LogP contribution is -2.04. The Labute approximate surface area is 276 Å². The molecule has 0 spiro atoms. The zero-order chi connectivity index (χ0) is 32.9. The van der Waals surface area contributed by atoms with Crippen molar-refractivity contribution in [1.29, 1.82) is 0 Å². The van der Waals surface area contributed by atoms with Gasteiger partial charge in [0.2, 0.25) is 0 Å². The molecule has 0 amide bonds. The molecule has 3 atom stereocenters. The maximum absolute atomic E-state index is 11.6. The number of phenolic OH excluding ortho intramolecular Hbond substituents is 3. The van der Waals surface area contributed by atoms with Crippen LogP contribution in [0.5, 0.6) is 40.2 Å². The van der Waals surface area contributed by atoms with Gasteiger partial charge in [0, 0.05) is 40.5 Å². The zero-order valence-corrected chi connectivity index (χ0v) is 26.7. The second-order valence-electron chi connectivity index (χ2n) is 11.9. The number of aromatic hydroxyl groups is 3. The molecule has 0 saturated carbocycles. The van der Waals surface area contributed by atoms with Crippen LogP contribution < -0.4 is 9.47 Å². The predicted octanol–water partition coefficient (Wildman–Crippen LogP) is 10.8. The quantitative estimate of drug-likeness (QED) is 0.142. The van der Waals surface area contributed by atoms with Crippen molar-refractivity contribution >= 4 is 0 Å². The Morgan fingerprint density at radius 3 is 1.28 bits per heavy atom. The topological polar surface area (TPSA) is 79.2 Å². The monoisotopic (exact) mass is 622 g/mol. The zero-order valence-electron chi connectivity index (χ0n) is 26.7. The minimum Gasteiger partial charge on any atom is -0.508 e. The average molecular weight is 623 g/mol. The highest BCUT2D eigenvalue weighted by molar-refractivity contribution is 5.59. The molecule has 6 aromatic carbocycles. The Morgan fingerprint density at radius 1 is 0.426 bits per heavy atom. The molecule has 6 aromatic rings. The summed E-state index contributed by atoms with van der Waals surface area (Å²) in [5.74, 6) is 1.73. The van der Waals surface area contributed by atoms with Crippen molar-refractivity contribution in [1.82, 2.24) is 0 Å². The first-order valence-corrected chi connectivity index (χ1v) is 15.8. The second kappa shape index (κ2) is 13.8. The first kappa shape index (κ1) is 31.3. The van der Waals surface area contributed by atoms with Gasteiger partial charge in [0.15, 0.2) is 11.5 Å². The van der Waals surface area contributed by atoms with Gasteiger partial charge in [-0.2, -0.15) is 0 Å². The van der Waals surface area contributed by atoms with Crippen LogP contribution in [0.1, 0.15) is 71.9 Å². The highest BCUT2D eigenvalue weighted by atomic mass is 16.5. The van der Waals surface area contributed by atoms with Gasteiger partial charge >= 0.3 is 0 Å². The summed E-state index contributed by atoms with van der Waals surface area (Å²) in [7, 11) is 0. The number of hydrogen-bond acceptors (Lipinski definition) is 5. The number of benzene rings is 6. The third kappa shape index (κ3) is 6.95. The molecule has 6 rings (SSSR count). The molecule has 0 saturated heterocycles. The standard InChI is InChI=1S/C42H38O5/c1-27(30-13-7-4-8-14-30)36-23-33(43)19-21-40(36)46-35-25-38(29(3)32-17-11-6-12-18-32)42(39(45)26-35)47-41-22-20-34(44)24-37(41)28(2)31-15-9-5-10-16-31/h4-29,43-45H,1-3H3. The van der Waals surface area contributed by atoms with Gasteiger partial charge in [-0.15, -0.1) is 0 Å². The van der Waals surface area contributed by atoms with E-state index in [1.54, 1.807) is 42.5 Å². The molecule has 0 aromatic heterocycles. The van der Waals surface area contributed by atoms with E-state index >= 15 is 0 Å². The van der Waals surface area contributed by atoms with Crippen LogP contribution >= 0.6 is 0 Å². The summed E-state index contributed by atoms with van der Waals surface area (Å²) in [5.41, 5.74) is 5.54. The number of hydrogen-bond donors (Lipinski definition) is 3. The van der Waals surface area contributed by atoms with Gasteiger partial charge < -0.3 is 24.8 Å². The molecule has 0 radical (unpaired) electrons. The van der Waals surface area contributed by atoms with Crippen molar-refractivity contribution in [3.63, 3.8) is 0 Å². The fraction of sp³-hybridized carbons (Fsp3) is 0.143. The molecular weight excluding hydrogens is 584 g/mol. The van der Waals surface area contributed by atoms with E-state index in [4.69, 9.17) is 9.47 Å². The lowest BCUT2D eigenvalue weighted by atomic mass is 9.91. The molecule has 0 aliphatic carbocycles. The van der Waals surface area contributed by atoms with Crippen molar-refractivity contribution in [2.24, 2.45) is 0 Å². The minimum absolute atomic E-state index is 0.0586. The van der Waals surface area contributed by atoms with E-state index < -0.39 is 0 Å². The maximum Gasteiger partial charge on any atom is 0.173 e. The summed E-state index contributed by atoms with van der Waals surface area (Å²) in [4.78, 5) is 0. The maximum atomic E-state index is 11.6. The first-order valence-electron chi connectivity index (χ1n) is 15.8. The molecule has 5 nitrogen and oxygen atoms in total. The van der Waals surface area contributed by atoms with Crippen LogP contribution in [0.2, 0.25) is 0 Å². The van der Waals surface area contributed by atoms with Gasteiger partial charge in [-0.25, -0.2) is 0 Å². The molecule has 47 heavy (non-hydrogen) atoms. The number of phenols is 3. The van der Waals surface area contributed by atoms with E-state index in [-0.39, 0.29) is 35.0 Å². The van der Waals surface area contributed by atoms with Gasteiger partial charge in [-0.3, -0.25) is 0 Å². The fourth-order valence-corrected chi connectivity index (χ4v) is 6.04. The lowest BCUT2D eigenvalue weighted by molar-refractivity contribution is 0.395. The van der Waals surface area contributed by atoms with Crippen molar-refractivity contribution in [3.8, 4) is 40.2 Å². The molecule has 0 aliphatic rings. The van der Waals surface area contributed by atoms with Crippen molar-refractivity contribution in [2.75, 3.05) is 0 Å². The minimum atomic E-state index is -0.171. The summed E-state index contributed by atoms with van der Waals surface area (Å²) in [5, 5.41) is 32.4. The van der Waals surface area contributed by atoms with Gasteiger partial charge in [-0.05, 0) is 59.2 Å². The Morgan fingerprint density at radius 2 is 0.830 bits per heavy atom. The largest absolute Gasteiger partial charge is 0.508 e. The van der Waals surface area contributed by atoms with Gasteiger partial charge in [0.25, 0.3) is 0 Å². The highest BCUT2D eigenvalue weighted by Gasteiger charge is 2.24. The van der Waals surface area contributed by atoms with Crippen molar-refractivity contribution < 1.29 is 24.8 Å². The second-order valence-corrected chi connectivity index (χ2v) is 11.9. The van der Waals surface area contributed by atoms with Crippen molar-refractivity contribution in [2.45, 2.75) is 38.5 Å². The normalized spacial score (nSPS) is 13.0. The Bertz CT molecular complexity index is 1960. The third-order valence-electron chi connectivity index (χ3n) is 8.80.